The summed E-state index contributed by atoms with van der Waals surface area (Å²) in [6.07, 6.45) is 3.68. The normalized spacial score (nSPS) is 11.5. The first-order valence-corrected chi connectivity index (χ1v) is 32.2. The van der Waals surface area contributed by atoms with Gasteiger partial charge in [-0.1, -0.05) is 279 Å². The first-order valence-electron chi connectivity index (χ1n) is 32.2. The summed E-state index contributed by atoms with van der Waals surface area (Å²) in [5.74, 6) is 3.51. The number of fused-ring (bicyclic) bond motifs is 12. The molecule has 0 atom stereocenters. The van der Waals surface area contributed by atoms with E-state index in [4.69, 9.17) is 34.9 Å². The zero-order valence-electron chi connectivity index (χ0n) is 51.8. The number of aromatic nitrogens is 8. The zero-order chi connectivity index (χ0) is 63.5. The van der Waals surface area contributed by atoms with Crippen LogP contribution in [0.1, 0.15) is 0 Å². The standard InChI is InChI=1S/C88H54N8/c1-2-14-60(15-3-1)83-91-84(61-35-25-55(26-36-61)66-45-47-77-73-20-6-4-16-69(73)71-18-8-10-22-75(71)79(77)52-66)93-85(92-83)63-39-29-57(30-40-63)68-49-51-90-82(54-68)59-33-43-65(44-34-59)88-95-86(94-87(96-88)64-41-31-58(32-42-64)81-24-12-13-50-89-81)62-37-27-56(28-38-62)67-46-48-78-74-21-7-5-17-70(74)72-19-9-11-23-76(72)80(78)53-67/h1-54H. The van der Waals surface area contributed by atoms with E-state index in [-0.39, 0.29) is 0 Å². The van der Waals surface area contributed by atoms with Gasteiger partial charge in [-0.2, -0.15) is 0 Å². The Bertz CT molecular complexity index is 5950. The highest BCUT2D eigenvalue weighted by Gasteiger charge is 2.18. The van der Waals surface area contributed by atoms with Gasteiger partial charge in [0.2, 0.25) is 0 Å². The number of hydrogen-bond acceptors (Lipinski definition) is 8. The fourth-order valence-corrected chi connectivity index (χ4v) is 13.6. The van der Waals surface area contributed by atoms with E-state index in [1.807, 2.05) is 67.0 Å². The highest BCUT2D eigenvalue weighted by Crippen LogP contribution is 2.41. The average molecular weight is 1220 g/mol. The van der Waals surface area contributed by atoms with Crippen LogP contribution in [-0.4, -0.2) is 39.9 Å². The van der Waals surface area contributed by atoms with Gasteiger partial charge < -0.3 is 0 Å². The van der Waals surface area contributed by atoms with Gasteiger partial charge in [-0.25, -0.2) is 29.9 Å². The van der Waals surface area contributed by atoms with Crippen molar-refractivity contribution < 1.29 is 0 Å². The highest BCUT2D eigenvalue weighted by molar-refractivity contribution is 6.27. The summed E-state index contributed by atoms with van der Waals surface area (Å²) in [6.45, 7) is 0. The van der Waals surface area contributed by atoms with Crippen LogP contribution in [0.4, 0.5) is 0 Å². The molecule has 0 radical (unpaired) electrons. The molecular weight excluding hydrogens is 1170 g/mol. The number of nitrogens with zero attached hydrogens (tertiary/aromatic N) is 8. The van der Waals surface area contributed by atoms with Crippen LogP contribution >= 0.6 is 0 Å². The van der Waals surface area contributed by atoms with Crippen LogP contribution in [0.3, 0.4) is 0 Å². The van der Waals surface area contributed by atoms with Gasteiger partial charge in [-0.15, -0.1) is 0 Å². The Morgan fingerprint density at radius 3 is 0.729 bits per heavy atom. The lowest BCUT2D eigenvalue weighted by Gasteiger charge is -2.12. The zero-order valence-corrected chi connectivity index (χ0v) is 51.8. The summed E-state index contributed by atoms with van der Waals surface area (Å²) >= 11 is 0. The molecule has 0 N–H and O–H groups in total. The van der Waals surface area contributed by atoms with Crippen molar-refractivity contribution in [3.05, 3.63) is 328 Å². The summed E-state index contributed by atoms with van der Waals surface area (Å²) in [4.78, 5) is 40.2. The monoisotopic (exact) mass is 1220 g/mol. The fraction of sp³-hybridized carbons (Fsp3) is 0. The summed E-state index contributed by atoms with van der Waals surface area (Å²) in [5, 5.41) is 15.0. The Labute approximate surface area is 553 Å². The van der Waals surface area contributed by atoms with E-state index in [0.717, 1.165) is 89.3 Å². The lowest BCUT2D eigenvalue weighted by atomic mass is 9.92. The Balaban J connectivity index is 0.632. The van der Waals surface area contributed by atoms with E-state index in [0.29, 0.717) is 34.9 Å². The van der Waals surface area contributed by atoms with Gasteiger partial charge in [0.05, 0.1) is 11.4 Å². The Hall–Kier alpha value is -13.0. The molecule has 0 saturated carbocycles. The predicted octanol–water partition coefficient (Wildman–Crippen LogP) is 22.1. The lowest BCUT2D eigenvalue weighted by Crippen LogP contribution is -2.00. The van der Waals surface area contributed by atoms with Crippen molar-refractivity contribution in [2.24, 2.45) is 0 Å². The molecule has 8 heteroatoms. The molecular formula is C88H54N8. The lowest BCUT2D eigenvalue weighted by molar-refractivity contribution is 1.07. The molecule has 446 valence electrons. The number of hydrogen-bond donors (Lipinski definition) is 0. The molecule has 4 heterocycles. The second-order valence-electron chi connectivity index (χ2n) is 24.2. The van der Waals surface area contributed by atoms with E-state index in [2.05, 4.69) is 266 Å². The maximum atomic E-state index is 5.17. The Kier molecular flexibility index (Phi) is 13.7. The van der Waals surface area contributed by atoms with Gasteiger partial charge in [-0.05, 0) is 134 Å². The molecule has 0 unspecified atom stereocenters. The Morgan fingerprint density at radius 2 is 0.385 bits per heavy atom. The molecule has 0 aliphatic carbocycles. The molecule has 0 aliphatic heterocycles. The molecule has 0 fully saturated rings. The molecule has 18 aromatic rings. The van der Waals surface area contributed by atoms with Crippen molar-refractivity contribution in [3.63, 3.8) is 0 Å². The maximum absolute atomic E-state index is 5.17. The van der Waals surface area contributed by atoms with Gasteiger partial charge in [0.25, 0.3) is 0 Å². The molecule has 0 aliphatic rings. The number of rotatable bonds is 11. The van der Waals surface area contributed by atoms with E-state index >= 15 is 0 Å². The molecule has 14 aromatic carbocycles. The van der Waals surface area contributed by atoms with Gasteiger partial charge in [-0.3, -0.25) is 9.97 Å². The average Bonchev–Trinajstić information content (AvgIpc) is 0.762. The second kappa shape index (κ2) is 23.6. The minimum atomic E-state index is 0.564. The minimum Gasteiger partial charge on any atom is -0.256 e. The van der Waals surface area contributed by atoms with Crippen LogP contribution in [-0.2, 0) is 0 Å². The third-order valence-corrected chi connectivity index (χ3v) is 18.5. The summed E-state index contributed by atoms with van der Waals surface area (Å²) in [7, 11) is 0. The van der Waals surface area contributed by atoms with Crippen molar-refractivity contribution in [1.82, 2.24) is 39.9 Å². The van der Waals surface area contributed by atoms with Crippen molar-refractivity contribution in [2.45, 2.75) is 0 Å². The molecule has 4 aromatic heterocycles. The quantitative estimate of drug-likeness (QED) is 0.118. The Morgan fingerprint density at radius 1 is 0.135 bits per heavy atom. The largest absolute Gasteiger partial charge is 0.256 e. The maximum Gasteiger partial charge on any atom is 0.164 e. The molecule has 0 bridgehead atoms. The van der Waals surface area contributed by atoms with Crippen molar-refractivity contribution in [3.8, 4) is 124 Å². The van der Waals surface area contributed by atoms with E-state index < -0.39 is 0 Å². The van der Waals surface area contributed by atoms with Crippen molar-refractivity contribution >= 4 is 64.6 Å². The fourth-order valence-electron chi connectivity index (χ4n) is 13.6. The van der Waals surface area contributed by atoms with E-state index in [1.54, 1.807) is 0 Å². The van der Waals surface area contributed by atoms with E-state index in [9.17, 15) is 0 Å². The van der Waals surface area contributed by atoms with Crippen molar-refractivity contribution in [1.29, 1.82) is 0 Å². The summed E-state index contributed by atoms with van der Waals surface area (Å²) in [5.41, 5.74) is 15.6. The summed E-state index contributed by atoms with van der Waals surface area (Å²) < 4.78 is 0. The first kappa shape index (κ1) is 55.8. The predicted molar refractivity (Wildman–Crippen MR) is 394 cm³/mol. The highest BCUT2D eigenvalue weighted by atomic mass is 15.0. The van der Waals surface area contributed by atoms with Crippen LogP contribution in [0.25, 0.3) is 189 Å². The molecule has 0 saturated heterocycles. The van der Waals surface area contributed by atoms with Gasteiger partial charge in [0, 0.05) is 56.9 Å². The van der Waals surface area contributed by atoms with Gasteiger partial charge in [0.1, 0.15) is 0 Å². The number of benzene rings is 14. The van der Waals surface area contributed by atoms with Crippen LogP contribution < -0.4 is 0 Å². The first-order chi connectivity index (χ1) is 47.5. The van der Waals surface area contributed by atoms with Crippen molar-refractivity contribution in [2.75, 3.05) is 0 Å². The molecule has 8 nitrogen and oxygen atoms in total. The molecule has 0 amide bonds. The van der Waals surface area contributed by atoms with Gasteiger partial charge in [0.15, 0.2) is 34.9 Å². The van der Waals surface area contributed by atoms with Crippen LogP contribution in [0, 0.1) is 0 Å². The molecule has 0 spiro atoms. The number of pyridine rings is 2. The van der Waals surface area contributed by atoms with Crippen LogP contribution in [0.15, 0.2) is 328 Å². The van der Waals surface area contributed by atoms with Gasteiger partial charge >= 0.3 is 0 Å². The third-order valence-electron chi connectivity index (χ3n) is 18.5. The molecule has 96 heavy (non-hydrogen) atoms. The molecule has 18 rings (SSSR count). The van der Waals surface area contributed by atoms with Crippen LogP contribution in [0.5, 0.6) is 0 Å². The SMILES string of the molecule is c1ccc(-c2nc(-c3ccc(-c4ccnc(-c5ccc(-c6nc(-c7ccc(-c8ccc9c%10ccccc%10c%10ccccc%10c9c8)cc7)nc(-c7ccc(-c8ccccn8)cc7)n6)cc5)c4)cc3)nc(-c3ccc(-c4ccc5c6ccccc6c6ccccc6c5c4)cc3)n2)cc1. The minimum absolute atomic E-state index is 0.564. The van der Waals surface area contributed by atoms with E-state index in [1.165, 1.54) is 64.6 Å². The topological polar surface area (TPSA) is 103 Å². The third kappa shape index (κ3) is 10.2. The summed E-state index contributed by atoms with van der Waals surface area (Å²) in [6, 6.07) is 111. The smallest absolute Gasteiger partial charge is 0.164 e. The van der Waals surface area contributed by atoms with Crippen LogP contribution in [0.2, 0.25) is 0 Å². The second-order valence-corrected chi connectivity index (χ2v) is 24.2.